The Morgan fingerprint density at radius 1 is 0.862 bits per heavy atom. The maximum Gasteiger partial charge on any atom is 0.255 e. The first kappa shape index (κ1) is 17.1. The molecule has 3 heterocycles. The summed E-state index contributed by atoms with van der Waals surface area (Å²) in [6.45, 7) is 2.01. The van der Waals surface area contributed by atoms with Gasteiger partial charge in [-0.25, -0.2) is 9.97 Å². The van der Waals surface area contributed by atoms with Crippen molar-refractivity contribution >= 4 is 27.8 Å². The van der Waals surface area contributed by atoms with E-state index < -0.39 is 0 Å². The molecule has 6 nitrogen and oxygen atoms in total. The number of benzene rings is 2. The lowest BCUT2D eigenvalue weighted by atomic mass is 10.0. The van der Waals surface area contributed by atoms with Gasteiger partial charge >= 0.3 is 0 Å². The normalized spacial score (nSPS) is 11.2. The Hall–Kier alpha value is -4.06. The first-order valence-electron chi connectivity index (χ1n) is 9.20. The molecule has 0 unspecified atom stereocenters. The van der Waals surface area contributed by atoms with Gasteiger partial charge in [0.15, 0.2) is 0 Å². The summed E-state index contributed by atoms with van der Waals surface area (Å²) >= 11 is 0. The largest absolute Gasteiger partial charge is 0.368 e. The smallest absolute Gasteiger partial charge is 0.255 e. The molecule has 6 heteroatoms. The van der Waals surface area contributed by atoms with E-state index in [0.717, 1.165) is 44.2 Å². The molecular formula is C23H17N5O. The Bertz CT molecular complexity index is 1440. The highest BCUT2D eigenvalue weighted by atomic mass is 16.1. The van der Waals surface area contributed by atoms with Crippen LogP contribution < -0.4 is 11.3 Å². The number of aryl methyl sites for hydroxylation is 1. The highest BCUT2D eigenvalue weighted by Crippen LogP contribution is 2.29. The second-order valence-corrected chi connectivity index (χ2v) is 6.97. The van der Waals surface area contributed by atoms with Crippen LogP contribution in [-0.2, 0) is 0 Å². The summed E-state index contributed by atoms with van der Waals surface area (Å²) in [6, 6.07) is 17.2. The highest BCUT2D eigenvalue weighted by Gasteiger charge is 2.12. The van der Waals surface area contributed by atoms with Crippen molar-refractivity contribution in [3.8, 4) is 16.8 Å². The van der Waals surface area contributed by atoms with Crippen molar-refractivity contribution in [2.75, 3.05) is 5.73 Å². The van der Waals surface area contributed by atoms with Crippen LogP contribution in [-0.4, -0.2) is 19.5 Å². The molecule has 0 aliphatic rings. The summed E-state index contributed by atoms with van der Waals surface area (Å²) in [4.78, 5) is 25.6. The van der Waals surface area contributed by atoms with Crippen molar-refractivity contribution in [3.63, 3.8) is 0 Å². The van der Waals surface area contributed by atoms with Crippen molar-refractivity contribution in [2.24, 2.45) is 0 Å². The Morgan fingerprint density at radius 3 is 2.48 bits per heavy atom. The van der Waals surface area contributed by atoms with Crippen molar-refractivity contribution in [3.05, 3.63) is 89.1 Å². The van der Waals surface area contributed by atoms with Crippen LogP contribution in [0.4, 0.5) is 5.95 Å². The lowest BCUT2D eigenvalue weighted by Crippen LogP contribution is -2.17. The summed E-state index contributed by atoms with van der Waals surface area (Å²) in [5, 5.41) is 1.78. The van der Waals surface area contributed by atoms with E-state index >= 15 is 0 Å². The molecule has 0 radical (unpaired) electrons. The molecule has 0 saturated carbocycles. The summed E-state index contributed by atoms with van der Waals surface area (Å²) in [6.07, 6.45) is 5.18. The van der Waals surface area contributed by atoms with Crippen LogP contribution in [0.2, 0.25) is 0 Å². The quantitative estimate of drug-likeness (QED) is 0.470. The maximum atomic E-state index is 12.9. The molecule has 29 heavy (non-hydrogen) atoms. The van der Waals surface area contributed by atoms with E-state index in [0.29, 0.717) is 0 Å². The van der Waals surface area contributed by atoms with Crippen LogP contribution >= 0.6 is 0 Å². The fraction of sp³-hybridized carbons (Fsp3) is 0.0435. The third-order valence-corrected chi connectivity index (χ3v) is 4.98. The number of fused-ring (bicyclic) bond motifs is 3. The Morgan fingerprint density at radius 2 is 1.69 bits per heavy atom. The lowest BCUT2D eigenvalue weighted by Gasteiger charge is -2.13. The lowest BCUT2D eigenvalue weighted by molar-refractivity contribution is 1.04. The van der Waals surface area contributed by atoms with E-state index in [4.69, 9.17) is 5.73 Å². The van der Waals surface area contributed by atoms with Crippen LogP contribution in [0, 0.1) is 6.92 Å². The fourth-order valence-corrected chi connectivity index (χ4v) is 3.60. The maximum absolute atomic E-state index is 12.9. The molecule has 5 aromatic rings. The fourth-order valence-electron chi connectivity index (χ4n) is 3.60. The number of pyridine rings is 2. The summed E-state index contributed by atoms with van der Waals surface area (Å²) in [5.74, 6) is 0.231. The average molecular weight is 379 g/mol. The van der Waals surface area contributed by atoms with Crippen LogP contribution in [0.3, 0.4) is 0 Å². The number of nitrogens with zero attached hydrogens (tertiary/aromatic N) is 4. The van der Waals surface area contributed by atoms with Crippen molar-refractivity contribution in [1.29, 1.82) is 0 Å². The van der Waals surface area contributed by atoms with E-state index in [2.05, 4.69) is 15.0 Å². The van der Waals surface area contributed by atoms with Gasteiger partial charge in [-0.1, -0.05) is 18.2 Å². The predicted octanol–water partition coefficient (Wildman–Crippen LogP) is 3.89. The van der Waals surface area contributed by atoms with Crippen molar-refractivity contribution in [1.82, 2.24) is 19.5 Å². The molecule has 0 spiro atoms. The molecule has 5 rings (SSSR count). The minimum Gasteiger partial charge on any atom is -0.368 e. The third kappa shape index (κ3) is 2.91. The molecule has 0 bridgehead atoms. The molecule has 0 atom stereocenters. The van der Waals surface area contributed by atoms with Gasteiger partial charge in [0.2, 0.25) is 5.95 Å². The van der Waals surface area contributed by atoms with E-state index in [9.17, 15) is 4.79 Å². The number of rotatable bonds is 2. The van der Waals surface area contributed by atoms with Gasteiger partial charge in [0.1, 0.15) is 0 Å². The molecule has 140 valence electrons. The third-order valence-electron chi connectivity index (χ3n) is 4.98. The van der Waals surface area contributed by atoms with Gasteiger partial charge in [0, 0.05) is 46.7 Å². The van der Waals surface area contributed by atoms with E-state index in [1.807, 2.05) is 55.5 Å². The van der Waals surface area contributed by atoms with Crippen LogP contribution in [0.25, 0.3) is 38.6 Å². The van der Waals surface area contributed by atoms with Gasteiger partial charge in [0.05, 0.1) is 11.0 Å². The minimum absolute atomic E-state index is 0.0863. The second kappa shape index (κ2) is 6.53. The standard InChI is InChI=1S/C23H17N5O/c1-14-3-2-4-18(9-14)28-21(29)8-6-16-11-25-20-7-5-15(10-19(20)22(16)28)17-12-26-23(24)27-13-17/h2-13H,1H3,(H2,24,26,27). The Kier molecular flexibility index (Phi) is 3.84. The Labute approximate surface area is 166 Å². The summed E-state index contributed by atoms with van der Waals surface area (Å²) < 4.78 is 1.75. The zero-order valence-electron chi connectivity index (χ0n) is 15.7. The molecular weight excluding hydrogens is 362 g/mol. The molecule has 0 saturated heterocycles. The molecule has 0 aliphatic carbocycles. The van der Waals surface area contributed by atoms with Gasteiger partial charge in [-0.15, -0.1) is 0 Å². The molecule has 0 amide bonds. The van der Waals surface area contributed by atoms with Crippen LogP contribution in [0.15, 0.2) is 78.0 Å². The highest BCUT2D eigenvalue weighted by molar-refractivity contribution is 6.05. The number of nitrogen functional groups attached to an aromatic ring is 1. The number of hydrogen-bond donors (Lipinski definition) is 1. The summed E-state index contributed by atoms with van der Waals surface area (Å²) in [7, 11) is 0. The van der Waals surface area contributed by atoms with Gasteiger partial charge in [0.25, 0.3) is 5.56 Å². The second-order valence-electron chi connectivity index (χ2n) is 6.97. The van der Waals surface area contributed by atoms with E-state index in [-0.39, 0.29) is 11.5 Å². The molecule has 0 aliphatic heterocycles. The number of hydrogen-bond acceptors (Lipinski definition) is 5. The Balaban J connectivity index is 1.87. The average Bonchev–Trinajstić information content (AvgIpc) is 2.73. The van der Waals surface area contributed by atoms with E-state index in [1.54, 1.807) is 29.2 Å². The molecule has 2 N–H and O–H groups in total. The van der Waals surface area contributed by atoms with Gasteiger partial charge in [-0.05, 0) is 48.4 Å². The predicted molar refractivity (Wildman–Crippen MR) is 115 cm³/mol. The first-order chi connectivity index (χ1) is 14.1. The summed E-state index contributed by atoms with van der Waals surface area (Å²) in [5.41, 5.74) is 10.9. The SMILES string of the molecule is Cc1cccc(-n2c(=O)ccc3cnc4ccc(-c5cnc(N)nc5)cc4c32)c1. The number of nitrogens with two attached hydrogens (primary N) is 1. The van der Waals surface area contributed by atoms with Gasteiger partial charge in [-0.2, -0.15) is 0 Å². The van der Waals surface area contributed by atoms with Crippen molar-refractivity contribution < 1.29 is 0 Å². The van der Waals surface area contributed by atoms with Crippen LogP contribution in [0.1, 0.15) is 5.56 Å². The molecule has 0 fully saturated rings. The van der Waals surface area contributed by atoms with Gasteiger partial charge < -0.3 is 5.73 Å². The molecule has 2 aromatic carbocycles. The number of aromatic nitrogens is 4. The van der Waals surface area contributed by atoms with E-state index in [1.165, 1.54) is 0 Å². The zero-order valence-corrected chi connectivity index (χ0v) is 15.7. The van der Waals surface area contributed by atoms with Crippen LogP contribution in [0.5, 0.6) is 0 Å². The monoisotopic (exact) mass is 379 g/mol. The topological polar surface area (TPSA) is 86.7 Å². The first-order valence-corrected chi connectivity index (χ1v) is 9.20. The van der Waals surface area contributed by atoms with Crippen molar-refractivity contribution in [2.45, 2.75) is 6.92 Å². The number of anilines is 1. The van der Waals surface area contributed by atoms with Gasteiger partial charge in [-0.3, -0.25) is 14.3 Å². The minimum atomic E-state index is -0.0863. The zero-order chi connectivity index (χ0) is 20.0. The molecule has 3 aromatic heterocycles.